The third-order valence-electron chi connectivity index (χ3n) is 5.01. The fraction of sp³-hybridized carbons (Fsp3) is 0.261. The number of nitrogens with one attached hydrogen (secondary N) is 3. The molecule has 1 aliphatic carbocycles. The van der Waals surface area contributed by atoms with Crippen LogP contribution in [0, 0.1) is 6.92 Å². The Bertz CT molecular complexity index is 1080. The maximum Gasteiger partial charge on any atom is 0.271 e. The average Bonchev–Trinajstić information content (AvgIpc) is 3.45. The Morgan fingerprint density at radius 2 is 1.97 bits per heavy atom. The van der Waals surface area contributed by atoms with E-state index in [0.717, 1.165) is 29.7 Å². The van der Waals surface area contributed by atoms with E-state index >= 15 is 0 Å². The van der Waals surface area contributed by atoms with E-state index in [1.807, 2.05) is 55.5 Å². The molecule has 160 valence electrons. The van der Waals surface area contributed by atoms with Crippen molar-refractivity contribution in [2.75, 3.05) is 5.32 Å². The Morgan fingerprint density at radius 3 is 2.71 bits per heavy atom. The average molecular weight is 455 g/mol. The van der Waals surface area contributed by atoms with Crippen molar-refractivity contribution in [3.05, 3.63) is 75.8 Å². The molecule has 1 unspecified atom stereocenters. The van der Waals surface area contributed by atoms with Crippen molar-refractivity contribution in [2.45, 2.75) is 38.3 Å². The Morgan fingerprint density at radius 1 is 1.19 bits per heavy atom. The van der Waals surface area contributed by atoms with Gasteiger partial charge in [0, 0.05) is 28.6 Å². The Hall–Kier alpha value is -2.90. The fourth-order valence-corrected chi connectivity index (χ4v) is 3.98. The standard InChI is InChI=1S/C23H23ClN4O2S/c1-14-7-8-16(24)12-18(14)27-23-28-20(13-31-23)22(30)26-19(21(29)25-17-9-10-17)11-15-5-3-2-4-6-15/h2-8,12-13,17,19H,9-11H2,1H3,(H,25,29)(H,26,30)(H,27,28). The van der Waals surface area contributed by atoms with Crippen molar-refractivity contribution < 1.29 is 9.59 Å². The molecule has 1 heterocycles. The predicted octanol–water partition coefficient (Wildman–Crippen LogP) is 4.47. The Balaban J connectivity index is 1.45. The molecular formula is C23H23ClN4O2S. The first kappa shape index (κ1) is 21.3. The summed E-state index contributed by atoms with van der Waals surface area (Å²) in [6.07, 6.45) is 2.39. The summed E-state index contributed by atoms with van der Waals surface area (Å²) in [5.41, 5.74) is 3.10. The zero-order chi connectivity index (χ0) is 21.8. The van der Waals surface area contributed by atoms with Gasteiger partial charge in [0.25, 0.3) is 5.91 Å². The van der Waals surface area contributed by atoms with Crippen molar-refractivity contribution >= 4 is 45.6 Å². The normalized spacial score (nSPS) is 14.0. The third kappa shape index (κ3) is 5.83. The minimum absolute atomic E-state index is 0.164. The SMILES string of the molecule is Cc1ccc(Cl)cc1Nc1nc(C(=O)NC(Cc2ccccc2)C(=O)NC2CC2)cs1. The highest BCUT2D eigenvalue weighted by Crippen LogP contribution is 2.26. The van der Waals surface area contributed by atoms with E-state index in [1.54, 1.807) is 5.38 Å². The number of thiazole rings is 1. The summed E-state index contributed by atoms with van der Waals surface area (Å²) in [7, 11) is 0. The van der Waals surface area contributed by atoms with Crippen molar-refractivity contribution in [2.24, 2.45) is 0 Å². The maximum atomic E-state index is 12.8. The van der Waals surface area contributed by atoms with Crippen molar-refractivity contribution in [3.63, 3.8) is 0 Å². The lowest BCUT2D eigenvalue weighted by Gasteiger charge is -2.18. The molecule has 2 aromatic carbocycles. The van der Waals surface area contributed by atoms with Crippen LogP contribution in [0.1, 0.15) is 34.5 Å². The van der Waals surface area contributed by atoms with Crippen LogP contribution in [-0.4, -0.2) is 28.9 Å². The zero-order valence-corrected chi connectivity index (χ0v) is 18.6. The van der Waals surface area contributed by atoms with E-state index in [1.165, 1.54) is 11.3 Å². The monoisotopic (exact) mass is 454 g/mol. The summed E-state index contributed by atoms with van der Waals surface area (Å²) < 4.78 is 0. The number of benzene rings is 2. The number of hydrogen-bond acceptors (Lipinski definition) is 5. The van der Waals surface area contributed by atoms with Crippen LogP contribution in [-0.2, 0) is 11.2 Å². The zero-order valence-electron chi connectivity index (χ0n) is 17.0. The van der Waals surface area contributed by atoms with Crippen molar-refractivity contribution in [1.82, 2.24) is 15.6 Å². The van der Waals surface area contributed by atoms with Gasteiger partial charge in [-0.1, -0.05) is 48.0 Å². The first-order chi connectivity index (χ1) is 15.0. The number of aryl methyl sites for hydroxylation is 1. The number of nitrogens with zero attached hydrogens (tertiary/aromatic N) is 1. The second kappa shape index (κ2) is 9.49. The molecule has 0 radical (unpaired) electrons. The highest BCUT2D eigenvalue weighted by atomic mass is 35.5. The second-order valence-electron chi connectivity index (χ2n) is 7.62. The van der Waals surface area contributed by atoms with Crippen LogP contribution < -0.4 is 16.0 Å². The van der Waals surface area contributed by atoms with Crippen LogP contribution in [0.5, 0.6) is 0 Å². The molecule has 0 saturated heterocycles. The summed E-state index contributed by atoms with van der Waals surface area (Å²) in [5, 5.41) is 11.9. The largest absolute Gasteiger partial charge is 0.352 e. The summed E-state index contributed by atoms with van der Waals surface area (Å²) in [4.78, 5) is 29.9. The number of carbonyl (C=O) groups is 2. The summed E-state index contributed by atoms with van der Waals surface area (Å²) in [6, 6.07) is 14.8. The molecule has 6 nitrogen and oxygen atoms in total. The highest BCUT2D eigenvalue weighted by Gasteiger charge is 2.29. The quantitative estimate of drug-likeness (QED) is 0.469. The number of aromatic nitrogens is 1. The van der Waals surface area contributed by atoms with E-state index in [9.17, 15) is 9.59 Å². The third-order valence-corrected chi connectivity index (χ3v) is 6.00. The van der Waals surface area contributed by atoms with Gasteiger partial charge in [-0.3, -0.25) is 9.59 Å². The number of anilines is 2. The number of rotatable bonds is 8. The van der Waals surface area contributed by atoms with Gasteiger partial charge in [0.15, 0.2) is 5.13 Å². The van der Waals surface area contributed by atoms with Gasteiger partial charge in [0.1, 0.15) is 11.7 Å². The lowest BCUT2D eigenvalue weighted by Crippen LogP contribution is -2.48. The summed E-state index contributed by atoms with van der Waals surface area (Å²) in [5.74, 6) is -0.540. The highest BCUT2D eigenvalue weighted by molar-refractivity contribution is 7.14. The Kier molecular flexibility index (Phi) is 6.53. The van der Waals surface area contributed by atoms with Crippen LogP contribution in [0.25, 0.3) is 0 Å². The van der Waals surface area contributed by atoms with Crippen LogP contribution in [0.3, 0.4) is 0 Å². The molecular weight excluding hydrogens is 432 g/mol. The molecule has 31 heavy (non-hydrogen) atoms. The van der Waals surface area contributed by atoms with Gasteiger partial charge in [-0.05, 0) is 43.0 Å². The van der Waals surface area contributed by atoms with Crippen molar-refractivity contribution in [3.8, 4) is 0 Å². The first-order valence-corrected chi connectivity index (χ1v) is 11.4. The smallest absolute Gasteiger partial charge is 0.271 e. The molecule has 2 amide bonds. The van der Waals surface area contributed by atoms with Gasteiger partial charge in [-0.15, -0.1) is 11.3 Å². The molecule has 8 heteroatoms. The lowest BCUT2D eigenvalue weighted by atomic mass is 10.0. The number of hydrogen-bond donors (Lipinski definition) is 3. The molecule has 1 saturated carbocycles. The van der Waals surface area contributed by atoms with Gasteiger partial charge in [0.05, 0.1) is 0 Å². The number of halogens is 1. The van der Waals surface area contributed by atoms with E-state index in [4.69, 9.17) is 11.6 Å². The van der Waals surface area contributed by atoms with E-state index in [2.05, 4.69) is 20.9 Å². The maximum absolute atomic E-state index is 12.8. The molecule has 0 bridgehead atoms. The molecule has 3 aromatic rings. The lowest BCUT2D eigenvalue weighted by molar-refractivity contribution is -0.123. The molecule has 3 N–H and O–H groups in total. The second-order valence-corrected chi connectivity index (χ2v) is 8.92. The van der Waals surface area contributed by atoms with Gasteiger partial charge < -0.3 is 16.0 Å². The molecule has 1 aliphatic rings. The van der Waals surface area contributed by atoms with Gasteiger partial charge >= 0.3 is 0 Å². The predicted molar refractivity (Wildman–Crippen MR) is 124 cm³/mol. The van der Waals surface area contributed by atoms with Gasteiger partial charge in [-0.2, -0.15) is 0 Å². The van der Waals surface area contributed by atoms with Gasteiger partial charge in [-0.25, -0.2) is 4.98 Å². The molecule has 1 aromatic heterocycles. The topological polar surface area (TPSA) is 83.1 Å². The molecule has 0 spiro atoms. The first-order valence-electron chi connectivity index (χ1n) is 10.1. The van der Waals surface area contributed by atoms with Crippen molar-refractivity contribution in [1.29, 1.82) is 0 Å². The van der Waals surface area contributed by atoms with Crippen LogP contribution in [0.15, 0.2) is 53.9 Å². The fourth-order valence-electron chi connectivity index (χ4n) is 3.10. The molecule has 4 rings (SSSR count). The summed E-state index contributed by atoms with van der Waals surface area (Å²) >= 11 is 7.39. The van der Waals surface area contributed by atoms with E-state index in [0.29, 0.717) is 16.6 Å². The molecule has 1 atom stereocenters. The molecule has 0 aliphatic heterocycles. The minimum Gasteiger partial charge on any atom is -0.352 e. The van der Waals surface area contributed by atoms with Crippen LogP contribution in [0.2, 0.25) is 5.02 Å². The van der Waals surface area contributed by atoms with E-state index in [-0.39, 0.29) is 23.6 Å². The minimum atomic E-state index is -0.663. The number of amides is 2. The Labute approximate surface area is 190 Å². The molecule has 1 fully saturated rings. The van der Waals surface area contributed by atoms with Gasteiger partial charge in [0.2, 0.25) is 5.91 Å². The number of carbonyl (C=O) groups excluding carboxylic acids is 2. The van der Waals surface area contributed by atoms with E-state index < -0.39 is 6.04 Å². The van der Waals surface area contributed by atoms with Crippen LogP contribution >= 0.6 is 22.9 Å². The summed E-state index contributed by atoms with van der Waals surface area (Å²) in [6.45, 7) is 1.96. The van der Waals surface area contributed by atoms with Crippen LogP contribution in [0.4, 0.5) is 10.8 Å².